The molecule has 4 aromatic rings. The third-order valence-electron chi connectivity index (χ3n) is 4.22. The first-order chi connectivity index (χ1) is 12.1. The van der Waals surface area contributed by atoms with Gasteiger partial charge in [-0.15, -0.1) is 0 Å². The molecule has 0 radical (unpaired) electrons. The van der Waals surface area contributed by atoms with Crippen molar-refractivity contribution in [3.63, 3.8) is 0 Å². The lowest BCUT2D eigenvalue weighted by Gasteiger charge is -2.03. The summed E-state index contributed by atoms with van der Waals surface area (Å²) in [4.78, 5) is 33.8. The Morgan fingerprint density at radius 3 is 3.04 bits per heavy atom. The van der Waals surface area contributed by atoms with E-state index in [0.29, 0.717) is 13.0 Å². The number of hydrogen-bond acceptors (Lipinski definition) is 3. The average Bonchev–Trinajstić information content (AvgIpc) is 3.20. The van der Waals surface area contributed by atoms with Gasteiger partial charge in [0, 0.05) is 42.2 Å². The summed E-state index contributed by atoms with van der Waals surface area (Å²) in [5.74, 6) is -0.293. The molecule has 25 heavy (non-hydrogen) atoms. The molecule has 4 rings (SSSR count). The van der Waals surface area contributed by atoms with Gasteiger partial charge in [-0.05, 0) is 30.5 Å². The molecule has 3 heterocycles. The SMILES string of the molecule is Cc1ccc2c(CCNC(=O)c3cn4cc[nH]c(=O)c4n3)c[nH]c2c1. The smallest absolute Gasteiger partial charge is 0.291 e. The highest BCUT2D eigenvalue weighted by Crippen LogP contribution is 2.19. The van der Waals surface area contributed by atoms with E-state index in [9.17, 15) is 9.59 Å². The lowest BCUT2D eigenvalue weighted by atomic mass is 10.1. The second-order valence-electron chi connectivity index (χ2n) is 6.02. The zero-order valence-corrected chi connectivity index (χ0v) is 13.7. The van der Waals surface area contributed by atoms with Crippen LogP contribution in [0.5, 0.6) is 0 Å². The molecule has 3 N–H and O–H groups in total. The molecular formula is C18H17N5O2. The zero-order valence-electron chi connectivity index (χ0n) is 13.7. The number of carbonyl (C=O) groups excluding carboxylic acids is 1. The fourth-order valence-electron chi connectivity index (χ4n) is 2.95. The molecule has 0 bridgehead atoms. The minimum Gasteiger partial charge on any atom is -0.361 e. The molecule has 0 saturated heterocycles. The summed E-state index contributed by atoms with van der Waals surface area (Å²) in [6.45, 7) is 2.55. The average molecular weight is 335 g/mol. The Morgan fingerprint density at radius 2 is 2.20 bits per heavy atom. The van der Waals surface area contributed by atoms with Gasteiger partial charge in [0.05, 0.1) is 0 Å². The van der Waals surface area contributed by atoms with E-state index < -0.39 is 0 Å². The molecule has 7 nitrogen and oxygen atoms in total. The van der Waals surface area contributed by atoms with Crippen molar-refractivity contribution in [3.05, 3.63) is 70.2 Å². The van der Waals surface area contributed by atoms with Gasteiger partial charge >= 0.3 is 0 Å². The second-order valence-corrected chi connectivity index (χ2v) is 6.02. The van der Waals surface area contributed by atoms with E-state index in [0.717, 1.165) is 11.1 Å². The molecule has 0 aliphatic rings. The number of aryl methyl sites for hydroxylation is 1. The van der Waals surface area contributed by atoms with Crippen molar-refractivity contribution in [3.8, 4) is 0 Å². The number of nitrogens with zero attached hydrogens (tertiary/aromatic N) is 2. The summed E-state index contributed by atoms with van der Waals surface area (Å²) in [6.07, 6.45) is 7.39. The molecule has 1 aromatic carbocycles. The van der Waals surface area contributed by atoms with E-state index in [1.165, 1.54) is 21.5 Å². The summed E-state index contributed by atoms with van der Waals surface area (Å²) in [5, 5.41) is 4.02. The molecule has 0 fully saturated rings. The number of aromatic nitrogens is 4. The first-order valence-electron chi connectivity index (χ1n) is 8.03. The fourth-order valence-corrected chi connectivity index (χ4v) is 2.95. The molecule has 0 aliphatic carbocycles. The summed E-state index contributed by atoms with van der Waals surface area (Å²) < 4.78 is 1.54. The first kappa shape index (κ1) is 15.2. The Labute approximate surface area is 142 Å². The molecule has 3 aromatic heterocycles. The van der Waals surface area contributed by atoms with Crippen LogP contribution in [0.1, 0.15) is 21.6 Å². The Kier molecular flexibility index (Phi) is 3.61. The molecule has 126 valence electrons. The Balaban J connectivity index is 1.46. The summed E-state index contributed by atoms with van der Waals surface area (Å²) in [5.41, 5.74) is 3.57. The third kappa shape index (κ3) is 2.80. The van der Waals surface area contributed by atoms with Crippen LogP contribution < -0.4 is 10.9 Å². The van der Waals surface area contributed by atoms with Crippen molar-refractivity contribution >= 4 is 22.5 Å². The highest BCUT2D eigenvalue weighted by atomic mass is 16.2. The van der Waals surface area contributed by atoms with Gasteiger partial charge in [0.1, 0.15) is 5.69 Å². The molecule has 0 saturated carbocycles. The van der Waals surface area contributed by atoms with E-state index in [4.69, 9.17) is 0 Å². The van der Waals surface area contributed by atoms with Crippen molar-refractivity contribution in [2.24, 2.45) is 0 Å². The van der Waals surface area contributed by atoms with Crippen molar-refractivity contribution in [2.75, 3.05) is 6.54 Å². The van der Waals surface area contributed by atoms with Crippen molar-refractivity contribution in [2.45, 2.75) is 13.3 Å². The number of H-pyrrole nitrogens is 2. The number of carbonyl (C=O) groups is 1. The Hall–Kier alpha value is -3.35. The van der Waals surface area contributed by atoms with Gasteiger partial charge in [-0.2, -0.15) is 0 Å². The van der Waals surface area contributed by atoms with Crippen LogP contribution in [0, 0.1) is 6.92 Å². The van der Waals surface area contributed by atoms with Crippen LogP contribution in [0.25, 0.3) is 16.6 Å². The minimum absolute atomic E-state index is 0.208. The molecule has 0 spiro atoms. The monoisotopic (exact) mass is 335 g/mol. The van der Waals surface area contributed by atoms with Gasteiger partial charge in [0.25, 0.3) is 11.5 Å². The van der Waals surface area contributed by atoms with E-state index >= 15 is 0 Å². The molecule has 7 heteroatoms. The summed E-state index contributed by atoms with van der Waals surface area (Å²) >= 11 is 0. The predicted molar refractivity (Wildman–Crippen MR) is 94.9 cm³/mol. The lowest BCUT2D eigenvalue weighted by molar-refractivity contribution is 0.0950. The van der Waals surface area contributed by atoms with Crippen LogP contribution in [0.4, 0.5) is 0 Å². The fraction of sp³-hybridized carbons (Fsp3) is 0.167. The number of imidazole rings is 1. The predicted octanol–water partition coefficient (Wildman–Crippen LogP) is 1.78. The highest BCUT2D eigenvalue weighted by Gasteiger charge is 2.12. The number of fused-ring (bicyclic) bond motifs is 2. The zero-order chi connectivity index (χ0) is 17.4. The number of hydrogen-bond donors (Lipinski definition) is 3. The van der Waals surface area contributed by atoms with E-state index in [-0.39, 0.29) is 22.8 Å². The van der Waals surface area contributed by atoms with Crippen LogP contribution in [0.3, 0.4) is 0 Å². The molecular weight excluding hydrogens is 318 g/mol. The normalized spacial score (nSPS) is 11.2. The van der Waals surface area contributed by atoms with Crippen molar-refractivity contribution in [1.29, 1.82) is 0 Å². The lowest BCUT2D eigenvalue weighted by Crippen LogP contribution is -2.26. The van der Waals surface area contributed by atoms with Crippen LogP contribution >= 0.6 is 0 Å². The Morgan fingerprint density at radius 1 is 1.32 bits per heavy atom. The van der Waals surface area contributed by atoms with Crippen molar-refractivity contribution < 1.29 is 4.79 Å². The molecule has 0 unspecified atom stereocenters. The number of rotatable bonds is 4. The van der Waals surface area contributed by atoms with Crippen LogP contribution in [-0.2, 0) is 6.42 Å². The van der Waals surface area contributed by atoms with E-state index in [1.54, 1.807) is 12.4 Å². The summed E-state index contributed by atoms with van der Waals surface area (Å²) in [6, 6.07) is 6.27. The maximum absolute atomic E-state index is 12.3. The number of amides is 1. The van der Waals surface area contributed by atoms with Gasteiger partial charge in [0.15, 0.2) is 0 Å². The van der Waals surface area contributed by atoms with Gasteiger partial charge in [0.2, 0.25) is 5.65 Å². The maximum atomic E-state index is 12.3. The number of aromatic amines is 2. The Bertz CT molecular complexity index is 1140. The first-order valence-corrected chi connectivity index (χ1v) is 8.03. The summed E-state index contributed by atoms with van der Waals surface area (Å²) in [7, 11) is 0. The van der Waals surface area contributed by atoms with Crippen LogP contribution in [0.15, 0.2) is 47.8 Å². The molecule has 1 amide bonds. The van der Waals surface area contributed by atoms with Crippen LogP contribution in [-0.4, -0.2) is 31.8 Å². The minimum atomic E-state index is -0.323. The van der Waals surface area contributed by atoms with Crippen molar-refractivity contribution in [1.82, 2.24) is 24.7 Å². The number of benzene rings is 1. The van der Waals surface area contributed by atoms with Gasteiger partial charge in [-0.3, -0.25) is 9.59 Å². The highest BCUT2D eigenvalue weighted by molar-refractivity contribution is 5.92. The quantitative estimate of drug-likeness (QED) is 0.530. The van der Waals surface area contributed by atoms with Crippen LogP contribution in [0.2, 0.25) is 0 Å². The largest absolute Gasteiger partial charge is 0.361 e. The maximum Gasteiger partial charge on any atom is 0.291 e. The van der Waals surface area contributed by atoms with E-state index in [1.807, 2.05) is 6.20 Å². The van der Waals surface area contributed by atoms with E-state index in [2.05, 4.69) is 45.4 Å². The molecule has 0 atom stereocenters. The van der Waals surface area contributed by atoms with Gasteiger partial charge < -0.3 is 19.7 Å². The topological polar surface area (TPSA) is 95.1 Å². The van der Waals surface area contributed by atoms with Gasteiger partial charge in [-0.25, -0.2) is 4.98 Å². The molecule has 0 aliphatic heterocycles. The standard InChI is InChI=1S/C18H17N5O2/c1-11-2-3-13-12(9-21-14(13)8-11)4-5-19-17(24)15-10-23-7-6-20-18(25)16(23)22-15/h2-3,6-10,21H,4-5H2,1H3,(H,19,24)(H,20,25). The number of nitrogens with one attached hydrogen (secondary N) is 3. The van der Waals surface area contributed by atoms with Gasteiger partial charge in [-0.1, -0.05) is 12.1 Å². The second kappa shape index (κ2) is 5.94. The third-order valence-corrected chi connectivity index (χ3v) is 4.22.